The van der Waals surface area contributed by atoms with Gasteiger partial charge in [0.1, 0.15) is 57.4 Å². The zero-order valence-corrected chi connectivity index (χ0v) is 23.1. The van der Waals surface area contributed by atoms with Gasteiger partial charge in [0.15, 0.2) is 12.4 Å². The van der Waals surface area contributed by atoms with E-state index in [9.17, 15) is 0 Å². The molecule has 0 spiro atoms. The summed E-state index contributed by atoms with van der Waals surface area (Å²) in [6.45, 7) is 13.5. The summed E-state index contributed by atoms with van der Waals surface area (Å²) in [6.07, 6.45) is 17.4. The molecule has 1 aromatic rings. The van der Waals surface area contributed by atoms with Crippen LogP contribution in [0.3, 0.4) is 0 Å². The number of benzene rings is 1. The van der Waals surface area contributed by atoms with Crippen LogP contribution in [0, 0.1) is 0 Å². The number of allylic oxidation sites excluding steroid dienone is 1. The van der Waals surface area contributed by atoms with Crippen LogP contribution in [0.1, 0.15) is 56.6 Å². The van der Waals surface area contributed by atoms with Gasteiger partial charge in [0.05, 0.1) is 35.2 Å². The average Bonchev–Trinajstić information content (AvgIpc) is 2.80. The maximum atomic E-state index is 4.48. The summed E-state index contributed by atoms with van der Waals surface area (Å²) in [7, 11) is 11.6. The van der Waals surface area contributed by atoms with E-state index in [4.69, 9.17) is 0 Å². The number of quaternary nitrogens is 4. The van der Waals surface area contributed by atoms with Gasteiger partial charge in [0, 0.05) is 17.5 Å². The Labute approximate surface area is 210 Å². The van der Waals surface area contributed by atoms with Gasteiger partial charge in [0.2, 0.25) is 0 Å². The summed E-state index contributed by atoms with van der Waals surface area (Å²) in [5, 5.41) is 0. The number of nitrogens with zero attached hydrogens (tertiary/aromatic N) is 4. The number of unbranched alkanes of at least 4 members (excludes halogenated alkanes) is 4. The van der Waals surface area contributed by atoms with E-state index in [1.807, 2.05) is 0 Å². The summed E-state index contributed by atoms with van der Waals surface area (Å²) in [5.41, 5.74) is 4.23. The van der Waals surface area contributed by atoms with Gasteiger partial charge < -0.3 is 0 Å². The highest BCUT2D eigenvalue weighted by molar-refractivity contribution is 5.21. The lowest BCUT2D eigenvalue weighted by molar-refractivity contribution is -0.941. The van der Waals surface area contributed by atoms with Crippen LogP contribution in [0.2, 0.25) is 0 Å². The summed E-state index contributed by atoms with van der Waals surface area (Å²) >= 11 is 0. The van der Waals surface area contributed by atoms with Gasteiger partial charge in [-0.3, -0.25) is 17.9 Å². The molecule has 1 aromatic carbocycles. The maximum absolute atomic E-state index is 4.48. The Kier molecular flexibility index (Phi) is 8.62. The van der Waals surface area contributed by atoms with Crippen LogP contribution < -0.4 is 0 Å². The molecule has 0 fully saturated rings. The van der Waals surface area contributed by atoms with Crippen LogP contribution in [0.25, 0.3) is 0 Å². The monoisotopic (exact) mass is 468 g/mol. The number of hydrogen-bond donors (Lipinski definition) is 0. The van der Waals surface area contributed by atoms with E-state index in [1.54, 1.807) is 0 Å². The van der Waals surface area contributed by atoms with Gasteiger partial charge >= 0.3 is 0 Å². The van der Waals surface area contributed by atoms with E-state index in [1.165, 1.54) is 62.0 Å². The van der Waals surface area contributed by atoms with Crippen molar-refractivity contribution >= 4 is 0 Å². The van der Waals surface area contributed by atoms with Gasteiger partial charge in [-0.25, -0.2) is 0 Å². The first-order valence-electron chi connectivity index (χ1n) is 13.5. The first-order valence-corrected chi connectivity index (χ1v) is 13.5. The highest BCUT2D eigenvalue weighted by atomic mass is 15.4. The van der Waals surface area contributed by atoms with Crippen molar-refractivity contribution in [3.63, 3.8) is 0 Å². The van der Waals surface area contributed by atoms with Crippen molar-refractivity contribution < 1.29 is 17.9 Å². The molecule has 0 aliphatic carbocycles. The number of rotatable bonds is 11. The molecular formula is C30H52N4+4. The Hall–Kier alpha value is -1.72. The lowest BCUT2D eigenvalue weighted by Crippen LogP contribution is -2.53. The fourth-order valence-electron chi connectivity index (χ4n) is 5.17. The molecule has 0 aromatic heterocycles. The van der Waals surface area contributed by atoms with Crippen molar-refractivity contribution in [3.8, 4) is 0 Å². The van der Waals surface area contributed by atoms with Crippen molar-refractivity contribution in [2.24, 2.45) is 0 Å². The Morgan fingerprint density at radius 2 is 1.21 bits per heavy atom. The first-order chi connectivity index (χ1) is 16.0. The second-order valence-electron chi connectivity index (χ2n) is 12.4. The summed E-state index contributed by atoms with van der Waals surface area (Å²) in [4.78, 5) is 0. The van der Waals surface area contributed by atoms with Crippen molar-refractivity contribution in [1.82, 2.24) is 0 Å². The molecule has 188 valence electrons. The maximum Gasteiger partial charge on any atom is 0.154 e. The van der Waals surface area contributed by atoms with Crippen molar-refractivity contribution in [2.45, 2.75) is 58.5 Å². The molecule has 0 radical (unpaired) electrons. The van der Waals surface area contributed by atoms with Crippen molar-refractivity contribution in [1.29, 1.82) is 0 Å². The molecule has 0 saturated heterocycles. The molecular weight excluding hydrogens is 416 g/mol. The largest absolute Gasteiger partial charge is 0.293 e. The Balaban J connectivity index is 1.54. The summed E-state index contributed by atoms with van der Waals surface area (Å²) in [5.74, 6) is 0. The molecule has 2 aliphatic rings. The van der Waals surface area contributed by atoms with E-state index in [-0.39, 0.29) is 0 Å². The summed E-state index contributed by atoms with van der Waals surface area (Å²) < 4.78 is 3.86. The molecule has 3 atom stereocenters. The zero-order valence-electron chi connectivity index (χ0n) is 23.1. The fourth-order valence-corrected chi connectivity index (χ4v) is 5.17. The van der Waals surface area contributed by atoms with E-state index in [2.05, 4.69) is 97.8 Å². The molecule has 2 heterocycles. The molecule has 0 N–H and O–H groups in total. The average molecular weight is 469 g/mol. The second-order valence-corrected chi connectivity index (χ2v) is 12.4. The van der Waals surface area contributed by atoms with Gasteiger partial charge in [0.25, 0.3) is 0 Å². The van der Waals surface area contributed by atoms with Crippen LogP contribution in [-0.4, -0.2) is 79.3 Å². The van der Waals surface area contributed by atoms with Crippen LogP contribution in [0.5, 0.6) is 0 Å². The molecule has 3 unspecified atom stereocenters. The minimum atomic E-state index is 0.903. The Morgan fingerprint density at radius 1 is 0.676 bits per heavy atom. The molecule has 0 saturated carbocycles. The highest BCUT2D eigenvalue weighted by Crippen LogP contribution is 2.27. The van der Waals surface area contributed by atoms with E-state index >= 15 is 0 Å². The van der Waals surface area contributed by atoms with Crippen LogP contribution in [0.4, 0.5) is 0 Å². The summed E-state index contributed by atoms with van der Waals surface area (Å²) in [6, 6.07) is 9.40. The van der Waals surface area contributed by atoms with Crippen LogP contribution in [-0.2, 0) is 13.1 Å². The molecule has 4 nitrogen and oxygen atoms in total. The van der Waals surface area contributed by atoms with Gasteiger partial charge in [-0.15, -0.1) is 0 Å². The highest BCUT2D eigenvalue weighted by Gasteiger charge is 2.35. The molecule has 34 heavy (non-hydrogen) atoms. The van der Waals surface area contributed by atoms with E-state index in [0.29, 0.717) is 0 Å². The molecule has 4 heteroatoms. The second kappa shape index (κ2) is 10.9. The van der Waals surface area contributed by atoms with Gasteiger partial charge in [-0.1, -0.05) is 56.9 Å². The molecule has 0 bridgehead atoms. The smallest absolute Gasteiger partial charge is 0.154 e. The zero-order chi connectivity index (χ0) is 24.9. The topological polar surface area (TPSA) is 0 Å². The van der Waals surface area contributed by atoms with Gasteiger partial charge in [-0.05, 0) is 13.0 Å². The van der Waals surface area contributed by atoms with Crippen LogP contribution >= 0.6 is 0 Å². The number of likely N-dealkylation sites (N-methyl/N-ethyl adjacent to an activating group) is 4. The third-order valence-corrected chi connectivity index (χ3v) is 8.25. The third kappa shape index (κ3) is 7.39. The standard InChI is InChI=1S/C30H52N4/c1-8-9-10-11-12-13-28(2)34(7)24-22-33(6,23-25-34)27-30-16-14-29(15-17-30)26-32(5)20-18-31(3,4)19-21-32/h14-18,20,22,24H,2,8-13,19,21,23,25-27H2,1,3-7H3/q+4. The molecule has 2 aliphatic heterocycles. The predicted octanol–water partition coefficient (Wildman–Crippen LogP) is 5.95. The third-order valence-electron chi connectivity index (χ3n) is 8.25. The lowest BCUT2D eigenvalue weighted by atomic mass is 10.1. The molecule has 0 amide bonds. The normalized spacial score (nSPS) is 30.4. The predicted molar refractivity (Wildman–Crippen MR) is 145 cm³/mol. The van der Waals surface area contributed by atoms with E-state index in [0.717, 1.165) is 50.5 Å². The SMILES string of the molecule is C=C(CCCCCCC)[N+]1(C)C=C[N+](C)(Cc2ccc(C[N+]3(C)C=C[N+](C)(C)CC3)cc2)CC1. The first kappa shape index (κ1) is 26.9. The minimum absolute atomic E-state index is 0.903. The Bertz CT molecular complexity index is 884. The number of hydrogen-bond acceptors (Lipinski definition) is 0. The molecule has 3 rings (SSSR count). The lowest BCUT2D eigenvalue weighted by Gasteiger charge is -2.41. The Morgan fingerprint density at radius 3 is 1.68 bits per heavy atom. The van der Waals surface area contributed by atoms with Crippen LogP contribution in [0.15, 0.2) is 61.3 Å². The fraction of sp³-hybridized carbons (Fsp3) is 0.600. The van der Waals surface area contributed by atoms with E-state index < -0.39 is 0 Å². The minimum Gasteiger partial charge on any atom is -0.293 e. The van der Waals surface area contributed by atoms with Crippen molar-refractivity contribution in [2.75, 3.05) is 61.4 Å². The van der Waals surface area contributed by atoms with Gasteiger partial charge in [-0.2, -0.15) is 0 Å². The van der Waals surface area contributed by atoms with Crippen molar-refractivity contribution in [3.05, 3.63) is 72.5 Å². The quantitative estimate of drug-likeness (QED) is 0.278.